The first-order valence-corrected chi connectivity index (χ1v) is 27.8. The van der Waals surface area contributed by atoms with Gasteiger partial charge in [-0.25, -0.2) is 0 Å². The van der Waals surface area contributed by atoms with E-state index in [1.54, 1.807) is 0 Å². The minimum Gasteiger partial charge on any atom is -0.574 e. The molecule has 10 nitrogen and oxygen atoms in total. The Morgan fingerprint density at radius 3 is 0.605 bits per heavy atom. The number of nitrogens with one attached hydrogen (secondary N) is 2. The third-order valence-electron chi connectivity index (χ3n) is 13.5. The van der Waals surface area contributed by atoms with Gasteiger partial charge in [0.25, 0.3) is 0 Å². The van der Waals surface area contributed by atoms with Crippen LogP contribution in [0.25, 0.3) is 113 Å². The maximum Gasteiger partial charge on any atom is 3.00 e. The van der Waals surface area contributed by atoms with Crippen LogP contribution in [0.4, 0.5) is 0 Å². The molecule has 10 aromatic carbocycles. The van der Waals surface area contributed by atoms with Gasteiger partial charge in [-0.2, -0.15) is 10.2 Å². The summed E-state index contributed by atoms with van der Waals surface area (Å²) in [5, 5.41) is 40.1. The normalized spacial score (nSPS) is 10.2. The second-order valence-electron chi connectivity index (χ2n) is 19.3. The Morgan fingerprint density at radius 2 is 0.384 bits per heavy atom. The van der Waals surface area contributed by atoms with Gasteiger partial charge in [-0.15, -0.1) is 17.1 Å². The van der Waals surface area contributed by atoms with Crippen molar-refractivity contribution in [3.8, 4) is 113 Å². The molecule has 0 fully saturated rings. The number of benzene rings is 10. The van der Waals surface area contributed by atoms with Crippen molar-refractivity contribution in [2.75, 3.05) is 0 Å². The van der Waals surface area contributed by atoms with Crippen molar-refractivity contribution >= 4 is 0 Å². The van der Waals surface area contributed by atoms with Crippen molar-refractivity contribution in [2.45, 2.75) is 0 Å². The maximum atomic E-state index is 4.34. The van der Waals surface area contributed by atoms with Crippen molar-refractivity contribution < 1.29 is 35.6 Å². The van der Waals surface area contributed by atoms with Crippen molar-refractivity contribution in [3.05, 3.63) is 334 Å². The average Bonchev–Trinajstić information content (AvgIpc) is 4.67. The summed E-state index contributed by atoms with van der Waals surface area (Å²) in [6.07, 6.45) is 0. The number of H-pyrrole nitrogens is 2. The average molecular weight is 1240 g/mol. The molecule has 11 heteroatoms. The fourth-order valence-electron chi connectivity index (χ4n) is 9.07. The molecule has 0 atom stereocenters. The first-order chi connectivity index (χ1) is 42.2. The molecule has 0 aliphatic carbocycles. The minimum absolute atomic E-state index is 0. The molecule has 0 amide bonds. The molecule has 86 heavy (non-hydrogen) atoms. The van der Waals surface area contributed by atoms with Crippen molar-refractivity contribution in [2.24, 2.45) is 0 Å². The van der Waals surface area contributed by atoms with Crippen molar-refractivity contribution in [1.29, 1.82) is 0 Å². The monoisotopic (exact) mass is 1240 g/mol. The number of hydrogen-bond donors (Lipinski definition) is 2. The molecule has 5 heterocycles. The van der Waals surface area contributed by atoms with Crippen LogP contribution in [0.2, 0.25) is 0 Å². The molecule has 0 bridgehead atoms. The second-order valence-corrected chi connectivity index (χ2v) is 19.3. The summed E-state index contributed by atoms with van der Waals surface area (Å²) in [4.78, 5) is 0. The summed E-state index contributed by atoms with van der Waals surface area (Å²) in [6.45, 7) is 0. The summed E-state index contributed by atoms with van der Waals surface area (Å²) in [5.74, 6) is 0. The van der Waals surface area contributed by atoms with Crippen LogP contribution in [0, 0.1) is 35.6 Å². The molecule has 15 rings (SSSR count). The minimum atomic E-state index is 0. The van der Waals surface area contributed by atoms with Gasteiger partial charge in [-0.3, -0.25) is 10.2 Å². The van der Waals surface area contributed by atoms with E-state index in [2.05, 4.69) is 112 Å². The Kier molecular flexibility index (Phi) is 20.9. The van der Waals surface area contributed by atoms with Gasteiger partial charge in [-0.1, -0.05) is 322 Å². The molecule has 0 saturated carbocycles. The first kappa shape index (κ1) is 58.6. The van der Waals surface area contributed by atoms with E-state index in [0.717, 1.165) is 113 Å². The van der Waals surface area contributed by atoms with Crippen LogP contribution in [0.15, 0.2) is 334 Å². The van der Waals surface area contributed by atoms with Gasteiger partial charge in [0.05, 0.1) is 22.8 Å². The predicted molar refractivity (Wildman–Crippen MR) is 344 cm³/mol. The smallest absolute Gasteiger partial charge is 0.574 e. The van der Waals surface area contributed by atoms with E-state index >= 15 is 0 Å². The van der Waals surface area contributed by atoms with E-state index in [9.17, 15) is 0 Å². The standard InChI is InChI=1S/2C15H12N2.3C15H11N2.La/c5*1-3-7-12(8-4-1)14-11-15(17-16-14)13-9-5-2-6-10-13;/h2*1-11H,(H,16,17);3*1-11H;/q;;3*-1;+3. The van der Waals surface area contributed by atoms with Gasteiger partial charge >= 0.3 is 35.6 Å². The zero-order valence-corrected chi connectivity index (χ0v) is 50.5. The third kappa shape index (κ3) is 16.2. The molecule has 0 saturated heterocycles. The second kappa shape index (κ2) is 30.7. The summed E-state index contributed by atoms with van der Waals surface area (Å²) in [5.41, 5.74) is 20.7. The number of aromatic amines is 2. The Labute approximate surface area is 528 Å². The number of hydrogen-bond acceptors (Lipinski definition) is 5. The van der Waals surface area contributed by atoms with E-state index in [0.29, 0.717) is 0 Å². The Balaban J connectivity index is 0.000000119. The van der Waals surface area contributed by atoms with E-state index in [-0.39, 0.29) is 35.6 Å². The van der Waals surface area contributed by atoms with Gasteiger partial charge < -0.3 is 30.6 Å². The van der Waals surface area contributed by atoms with Gasteiger partial charge in [-0.05, 0) is 56.6 Å². The zero-order chi connectivity index (χ0) is 57.5. The molecular formula is C75H57LaN10. The van der Waals surface area contributed by atoms with Gasteiger partial charge in [0, 0.05) is 28.2 Å². The van der Waals surface area contributed by atoms with Crippen LogP contribution in [-0.2, 0) is 0 Å². The fourth-order valence-corrected chi connectivity index (χ4v) is 9.07. The molecule has 0 aliphatic heterocycles. The van der Waals surface area contributed by atoms with Gasteiger partial charge in [0.1, 0.15) is 0 Å². The number of nitrogens with zero attached hydrogens (tertiary/aromatic N) is 8. The van der Waals surface area contributed by atoms with E-state index in [1.807, 2.05) is 273 Å². The molecule has 0 spiro atoms. The Hall–Kier alpha value is -10.6. The van der Waals surface area contributed by atoms with Crippen LogP contribution >= 0.6 is 0 Å². The van der Waals surface area contributed by atoms with E-state index in [4.69, 9.17) is 0 Å². The zero-order valence-electron chi connectivity index (χ0n) is 46.9. The summed E-state index contributed by atoms with van der Waals surface area (Å²) in [7, 11) is 0. The van der Waals surface area contributed by atoms with Gasteiger partial charge in [0.2, 0.25) is 0 Å². The topological polar surface area (TPSA) is 138 Å². The maximum absolute atomic E-state index is 4.34. The predicted octanol–water partition coefficient (Wildman–Crippen LogP) is 17.6. The van der Waals surface area contributed by atoms with Crippen LogP contribution < -0.4 is 15.3 Å². The summed E-state index contributed by atoms with van der Waals surface area (Å²) < 4.78 is 0. The van der Waals surface area contributed by atoms with Crippen molar-refractivity contribution in [3.63, 3.8) is 0 Å². The molecule has 2 N–H and O–H groups in total. The van der Waals surface area contributed by atoms with Crippen molar-refractivity contribution in [1.82, 2.24) is 51.0 Å². The quantitative estimate of drug-likeness (QED) is 0.138. The largest absolute Gasteiger partial charge is 3.00 e. The van der Waals surface area contributed by atoms with E-state index < -0.39 is 0 Å². The van der Waals surface area contributed by atoms with Crippen LogP contribution in [-0.4, -0.2) is 35.7 Å². The molecular weight excluding hydrogens is 1180 g/mol. The van der Waals surface area contributed by atoms with Crippen LogP contribution in [0.3, 0.4) is 0 Å². The number of rotatable bonds is 10. The Morgan fingerprint density at radius 1 is 0.198 bits per heavy atom. The fraction of sp³-hybridized carbons (Fsp3) is 0. The molecule has 0 radical (unpaired) electrons. The first-order valence-electron chi connectivity index (χ1n) is 27.8. The van der Waals surface area contributed by atoms with Crippen LogP contribution in [0.5, 0.6) is 0 Å². The molecule has 15 aromatic rings. The third-order valence-corrected chi connectivity index (χ3v) is 13.5. The SMILES string of the molecule is [La+3].c1ccc(-c2cc(-c3ccccc3)[n-]n2)cc1.c1ccc(-c2cc(-c3ccccc3)[n-]n2)cc1.c1ccc(-c2cc(-c3ccccc3)[n-]n2)cc1.c1ccc(-c2cc(-c3ccccc3)[nH]n2)cc1.c1ccc(-c2cc(-c3ccccc3)[nH]n2)cc1. The summed E-state index contributed by atoms with van der Waals surface area (Å²) in [6, 6.07) is 112. The molecule has 5 aromatic heterocycles. The van der Waals surface area contributed by atoms with Gasteiger partial charge in [0.15, 0.2) is 0 Å². The van der Waals surface area contributed by atoms with E-state index in [1.165, 1.54) is 0 Å². The molecule has 0 unspecified atom stereocenters. The molecule has 410 valence electrons. The number of aromatic nitrogens is 10. The Bertz CT molecular complexity index is 3380. The summed E-state index contributed by atoms with van der Waals surface area (Å²) >= 11 is 0. The van der Waals surface area contributed by atoms with Crippen LogP contribution in [0.1, 0.15) is 0 Å². The molecule has 0 aliphatic rings.